The maximum absolute atomic E-state index is 11.9. The van der Waals surface area contributed by atoms with E-state index >= 15 is 0 Å². The summed E-state index contributed by atoms with van der Waals surface area (Å²) in [5.41, 5.74) is 0. The lowest BCUT2D eigenvalue weighted by molar-refractivity contribution is 0.402. The lowest BCUT2D eigenvalue weighted by Gasteiger charge is -2.12. The van der Waals surface area contributed by atoms with Crippen molar-refractivity contribution >= 4 is 27.1 Å². The highest BCUT2D eigenvalue weighted by Gasteiger charge is 2.37. The van der Waals surface area contributed by atoms with Gasteiger partial charge >= 0.3 is 0 Å². The molecule has 0 saturated heterocycles. The molecule has 0 bridgehead atoms. The molecule has 2 nitrogen and oxygen atoms in total. The fourth-order valence-electron chi connectivity index (χ4n) is 1.27. The highest BCUT2D eigenvalue weighted by Crippen LogP contribution is 2.38. The summed E-state index contributed by atoms with van der Waals surface area (Å²) in [6.45, 7) is 0. The Morgan fingerprint density at radius 3 is 2.79 bits per heavy atom. The van der Waals surface area contributed by atoms with Crippen LogP contribution in [0, 0.1) is 0 Å². The van der Waals surface area contributed by atoms with Gasteiger partial charge in [-0.05, 0) is 23.3 Å². The third-order valence-corrected chi connectivity index (χ3v) is 4.49. The topological polar surface area (TPSA) is 32.3 Å². The summed E-state index contributed by atoms with van der Waals surface area (Å²) in [6, 6.07) is 5.62. The Kier molecular flexibility index (Phi) is 3.04. The molecule has 4 heteroatoms. The van der Waals surface area contributed by atoms with Gasteiger partial charge in [0.15, 0.2) is 10.6 Å². The van der Waals surface area contributed by atoms with Gasteiger partial charge in [0.25, 0.3) is 0 Å². The van der Waals surface area contributed by atoms with Gasteiger partial charge in [-0.25, -0.2) is 0 Å². The Hall–Kier alpha value is -0.190. The summed E-state index contributed by atoms with van der Waals surface area (Å²) in [7, 11) is 1.61. The molecule has 1 aromatic rings. The number of hydrogen-bond donors (Lipinski definition) is 0. The SMILES string of the molecule is COc1ccc(Br)cc1[S+]([O-])C1CC1. The van der Waals surface area contributed by atoms with Gasteiger partial charge in [-0.2, -0.15) is 0 Å². The summed E-state index contributed by atoms with van der Waals surface area (Å²) in [4.78, 5) is 0.810. The first-order valence-corrected chi connectivity index (χ1v) is 6.47. The van der Waals surface area contributed by atoms with Crippen LogP contribution in [-0.4, -0.2) is 16.9 Å². The molecule has 0 N–H and O–H groups in total. The highest BCUT2D eigenvalue weighted by molar-refractivity contribution is 9.10. The van der Waals surface area contributed by atoms with Gasteiger partial charge in [0.05, 0.1) is 7.11 Å². The lowest BCUT2D eigenvalue weighted by Crippen LogP contribution is -2.08. The monoisotopic (exact) mass is 274 g/mol. The van der Waals surface area contributed by atoms with Gasteiger partial charge < -0.3 is 9.29 Å². The highest BCUT2D eigenvalue weighted by atomic mass is 79.9. The third-order valence-electron chi connectivity index (χ3n) is 2.17. The fourth-order valence-corrected chi connectivity index (χ4v) is 3.30. The van der Waals surface area contributed by atoms with Gasteiger partial charge in [0.2, 0.25) is 0 Å². The van der Waals surface area contributed by atoms with Crippen LogP contribution >= 0.6 is 15.9 Å². The maximum Gasteiger partial charge on any atom is 0.195 e. The minimum Gasteiger partial charge on any atom is -0.611 e. The van der Waals surface area contributed by atoms with E-state index in [0.717, 1.165) is 28.0 Å². The molecular weight excluding hydrogens is 264 g/mol. The van der Waals surface area contributed by atoms with Crippen LogP contribution < -0.4 is 4.74 Å². The third kappa shape index (κ3) is 2.07. The Morgan fingerprint density at radius 1 is 1.50 bits per heavy atom. The minimum absolute atomic E-state index is 0.346. The first-order chi connectivity index (χ1) is 6.72. The van der Waals surface area contributed by atoms with Crippen molar-refractivity contribution in [3.63, 3.8) is 0 Å². The van der Waals surface area contributed by atoms with E-state index in [-0.39, 0.29) is 0 Å². The second-order valence-corrected chi connectivity index (χ2v) is 5.91. The average molecular weight is 275 g/mol. The van der Waals surface area contributed by atoms with Gasteiger partial charge in [0, 0.05) is 23.4 Å². The average Bonchev–Trinajstić information content (AvgIpc) is 3.00. The van der Waals surface area contributed by atoms with Gasteiger partial charge in [-0.3, -0.25) is 0 Å². The fraction of sp³-hybridized carbons (Fsp3) is 0.400. The first-order valence-electron chi connectivity index (χ1n) is 4.46. The summed E-state index contributed by atoms with van der Waals surface area (Å²) in [5.74, 6) is 0.721. The number of benzene rings is 1. The molecule has 1 saturated carbocycles. The van der Waals surface area contributed by atoms with Gasteiger partial charge in [-0.1, -0.05) is 15.9 Å². The summed E-state index contributed by atoms with van der Waals surface area (Å²) >= 11 is 2.47. The Morgan fingerprint density at radius 2 is 2.21 bits per heavy atom. The zero-order valence-corrected chi connectivity index (χ0v) is 10.2. The van der Waals surface area contributed by atoms with E-state index in [0.29, 0.717) is 5.25 Å². The van der Waals surface area contributed by atoms with E-state index in [1.807, 2.05) is 18.2 Å². The van der Waals surface area contributed by atoms with Crippen molar-refractivity contribution in [2.45, 2.75) is 23.0 Å². The Bertz CT molecular complexity index is 339. The van der Waals surface area contributed by atoms with Crippen molar-refractivity contribution in [3.8, 4) is 5.75 Å². The van der Waals surface area contributed by atoms with Gasteiger partial charge in [0.1, 0.15) is 5.25 Å². The quantitative estimate of drug-likeness (QED) is 0.794. The molecular formula is C10H11BrO2S. The molecule has 1 fully saturated rings. The van der Waals surface area contributed by atoms with Crippen molar-refractivity contribution in [2.24, 2.45) is 0 Å². The summed E-state index contributed by atoms with van der Waals surface area (Å²) in [5, 5.41) is 0.346. The molecule has 1 aliphatic rings. The van der Waals surface area contributed by atoms with Crippen molar-refractivity contribution in [2.75, 3.05) is 7.11 Å². The predicted octanol–water partition coefficient (Wildman–Crippen LogP) is 2.73. The number of halogens is 1. The Labute approximate surface area is 95.0 Å². The summed E-state index contributed by atoms with van der Waals surface area (Å²) in [6.07, 6.45) is 2.14. The van der Waals surface area contributed by atoms with Crippen LogP contribution in [0.3, 0.4) is 0 Å². The molecule has 0 heterocycles. The Balaban J connectivity index is 2.32. The van der Waals surface area contributed by atoms with Crippen molar-refractivity contribution in [1.29, 1.82) is 0 Å². The molecule has 0 radical (unpaired) electrons. The second-order valence-electron chi connectivity index (χ2n) is 3.29. The van der Waals surface area contributed by atoms with E-state index in [4.69, 9.17) is 4.74 Å². The second kappa shape index (κ2) is 4.13. The number of rotatable bonds is 3. The predicted molar refractivity (Wildman–Crippen MR) is 60.1 cm³/mol. The first kappa shape index (κ1) is 10.3. The van der Waals surface area contributed by atoms with Crippen LogP contribution in [0.4, 0.5) is 0 Å². The van der Waals surface area contributed by atoms with Crippen LogP contribution in [-0.2, 0) is 11.2 Å². The molecule has 14 heavy (non-hydrogen) atoms. The van der Waals surface area contributed by atoms with E-state index < -0.39 is 11.2 Å². The van der Waals surface area contributed by atoms with E-state index in [2.05, 4.69) is 15.9 Å². The molecule has 0 spiro atoms. The van der Waals surface area contributed by atoms with Gasteiger partial charge in [-0.15, -0.1) is 0 Å². The standard InChI is InChI=1S/C10H11BrO2S/c1-13-9-5-2-7(11)6-10(9)14(12)8-3-4-8/h2,5-6,8H,3-4H2,1H3. The zero-order chi connectivity index (χ0) is 10.1. The number of methoxy groups -OCH3 is 1. The molecule has 1 aromatic carbocycles. The molecule has 0 aliphatic heterocycles. The molecule has 2 rings (SSSR count). The molecule has 0 aromatic heterocycles. The van der Waals surface area contributed by atoms with Crippen molar-refractivity contribution < 1.29 is 9.29 Å². The minimum atomic E-state index is -0.901. The van der Waals surface area contributed by atoms with E-state index in [1.54, 1.807) is 7.11 Å². The van der Waals surface area contributed by atoms with Crippen LogP contribution in [0.5, 0.6) is 5.75 Å². The molecule has 0 amide bonds. The largest absolute Gasteiger partial charge is 0.611 e. The van der Waals surface area contributed by atoms with Crippen LogP contribution in [0.1, 0.15) is 12.8 Å². The van der Waals surface area contributed by atoms with E-state index in [9.17, 15) is 4.55 Å². The van der Waals surface area contributed by atoms with Crippen LogP contribution in [0.15, 0.2) is 27.6 Å². The normalized spacial score (nSPS) is 17.9. The molecule has 1 aliphatic carbocycles. The molecule has 1 atom stereocenters. The summed E-state index contributed by atoms with van der Waals surface area (Å²) < 4.78 is 18.1. The number of ether oxygens (including phenoxy) is 1. The van der Waals surface area contributed by atoms with Crippen molar-refractivity contribution in [1.82, 2.24) is 0 Å². The molecule has 1 unspecified atom stereocenters. The van der Waals surface area contributed by atoms with E-state index in [1.165, 1.54) is 0 Å². The number of hydrogen-bond acceptors (Lipinski definition) is 2. The van der Waals surface area contributed by atoms with Crippen LogP contribution in [0.2, 0.25) is 0 Å². The zero-order valence-electron chi connectivity index (χ0n) is 7.83. The van der Waals surface area contributed by atoms with Crippen LogP contribution in [0.25, 0.3) is 0 Å². The lowest BCUT2D eigenvalue weighted by atomic mass is 10.3. The maximum atomic E-state index is 11.9. The smallest absolute Gasteiger partial charge is 0.195 e. The van der Waals surface area contributed by atoms with Crippen molar-refractivity contribution in [3.05, 3.63) is 22.7 Å². The molecule has 76 valence electrons.